The van der Waals surface area contributed by atoms with Crippen LogP contribution in [0.25, 0.3) is 0 Å². The molecule has 1 amide bonds. The minimum atomic E-state index is 0.107. The molecule has 0 unspecified atom stereocenters. The summed E-state index contributed by atoms with van der Waals surface area (Å²) in [5, 5.41) is 9.29. The van der Waals surface area contributed by atoms with Crippen LogP contribution >= 0.6 is 0 Å². The number of hydrogen-bond donors (Lipinski definition) is 3. The number of nitrogens with zero attached hydrogens (tertiary/aromatic N) is 1. The number of aliphatic imine (C=N–C) groups is 1. The maximum atomic E-state index is 11.7. The first-order chi connectivity index (χ1) is 9.26. The number of nitrogens with one attached hydrogen (secondary N) is 3. The molecule has 0 bridgehead atoms. The second-order valence-electron chi connectivity index (χ2n) is 4.73. The molecule has 5 nitrogen and oxygen atoms in total. The summed E-state index contributed by atoms with van der Waals surface area (Å²) in [6, 6.07) is 0.392. The van der Waals surface area contributed by atoms with Crippen LogP contribution < -0.4 is 16.0 Å². The van der Waals surface area contributed by atoms with E-state index in [1.165, 1.54) is 12.8 Å². The number of carbonyl (C=O) groups excluding carboxylic acids is 1. The average molecular weight is 266 g/mol. The van der Waals surface area contributed by atoms with Gasteiger partial charge in [0.25, 0.3) is 0 Å². The summed E-state index contributed by atoms with van der Waals surface area (Å²) < 4.78 is 0. The summed E-state index contributed by atoms with van der Waals surface area (Å²) in [6.07, 6.45) is 6.94. The van der Waals surface area contributed by atoms with E-state index in [0.29, 0.717) is 25.6 Å². The number of hydrogen-bond acceptors (Lipinski definition) is 2. The van der Waals surface area contributed by atoms with E-state index < -0.39 is 0 Å². The number of carbonyl (C=O) groups is 1. The predicted octanol–water partition coefficient (Wildman–Crippen LogP) is 1.18. The lowest BCUT2D eigenvalue weighted by Crippen LogP contribution is -2.38. The molecular formula is C14H26N4O. The zero-order valence-corrected chi connectivity index (χ0v) is 11.9. The molecule has 1 aliphatic rings. The molecule has 5 heteroatoms. The smallest absolute Gasteiger partial charge is 0.222 e. The molecule has 0 aliphatic heterocycles. The molecule has 0 aromatic rings. The maximum absolute atomic E-state index is 11.7. The molecule has 1 aliphatic carbocycles. The fourth-order valence-corrected chi connectivity index (χ4v) is 2.15. The van der Waals surface area contributed by atoms with Crippen LogP contribution in [0.5, 0.6) is 0 Å². The van der Waals surface area contributed by atoms with Gasteiger partial charge in [0.15, 0.2) is 5.96 Å². The van der Waals surface area contributed by atoms with Crippen molar-refractivity contribution >= 4 is 11.9 Å². The first-order valence-electron chi connectivity index (χ1n) is 7.18. The van der Waals surface area contributed by atoms with Gasteiger partial charge >= 0.3 is 0 Å². The molecule has 1 saturated carbocycles. The molecule has 0 aromatic heterocycles. The van der Waals surface area contributed by atoms with Gasteiger partial charge in [0.1, 0.15) is 0 Å². The van der Waals surface area contributed by atoms with E-state index in [9.17, 15) is 4.79 Å². The first kappa shape index (κ1) is 15.5. The molecule has 0 atom stereocenters. The van der Waals surface area contributed by atoms with Gasteiger partial charge in [0, 0.05) is 25.6 Å². The van der Waals surface area contributed by atoms with Crippen LogP contribution in [0, 0.1) is 0 Å². The Hall–Kier alpha value is -1.52. The summed E-state index contributed by atoms with van der Waals surface area (Å²) >= 11 is 0. The Labute approximate surface area is 115 Å². The van der Waals surface area contributed by atoms with Gasteiger partial charge in [-0.25, -0.2) is 0 Å². The first-order valence-corrected chi connectivity index (χ1v) is 7.18. The lowest BCUT2D eigenvalue weighted by molar-refractivity contribution is -0.121. The third kappa shape index (κ3) is 6.84. The molecular weight excluding hydrogens is 240 g/mol. The van der Waals surface area contributed by atoms with E-state index in [-0.39, 0.29) is 5.91 Å². The van der Waals surface area contributed by atoms with Crippen LogP contribution in [-0.4, -0.2) is 37.5 Å². The van der Waals surface area contributed by atoms with Gasteiger partial charge in [-0.2, -0.15) is 0 Å². The van der Waals surface area contributed by atoms with Crippen LogP contribution in [0.1, 0.15) is 39.0 Å². The minimum absolute atomic E-state index is 0.107. The Morgan fingerprint density at radius 2 is 2.11 bits per heavy atom. The Bertz CT molecular complexity index is 309. The second kappa shape index (κ2) is 9.42. The largest absolute Gasteiger partial charge is 0.357 e. The highest BCUT2D eigenvalue weighted by Gasteiger charge is 2.16. The molecule has 19 heavy (non-hydrogen) atoms. The van der Waals surface area contributed by atoms with E-state index in [1.807, 2.05) is 6.92 Å². The summed E-state index contributed by atoms with van der Waals surface area (Å²) in [7, 11) is 0. The normalized spacial score (nSPS) is 16.2. The van der Waals surface area contributed by atoms with Crippen LogP contribution in [-0.2, 0) is 4.79 Å². The topological polar surface area (TPSA) is 65.5 Å². The summed E-state index contributed by atoms with van der Waals surface area (Å²) in [5.74, 6) is 0.839. The Balaban J connectivity index is 2.23. The van der Waals surface area contributed by atoms with Crippen molar-refractivity contribution in [1.82, 2.24) is 16.0 Å². The zero-order chi connectivity index (χ0) is 13.9. The van der Waals surface area contributed by atoms with Gasteiger partial charge in [-0.05, 0) is 19.8 Å². The fraction of sp³-hybridized carbons (Fsp3) is 0.714. The maximum Gasteiger partial charge on any atom is 0.222 e. The lowest BCUT2D eigenvalue weighted by Gasteiger charge is -2.12. The highest BCUT2D eigenvalue weighted by atomic mass is 16.1. The van der Waals surface area contributed by atoms with Crippen molar-refractivity contribution in [2.24, 2.45) is 4.99 Å². The highest BCUT2D eigenvalue weighted by Crippen LogP contribution is 2.17. The van der Waals surface area contributed by atoms with E-state index >= 15 is 0 Å². The second-order valence-corrected chi connectivity index (χ2v) is 4.73. The van der Waals surface area contributed by atoms with Gasteiger partial charge in [0.2, 0.25) is 5.91 Å². The SMILES string of the molecule is C=CCNC(=NCCC(=O)NC1CCCC1)NCC. The third-order valence-electron chi connectivity index (χ3n) is 3.09. The summed E-state index contributed by atoms with van der Waals surface area (Å²) in [5.41, 5.74) is 0. The molecule has 0 aromatic carbocycles. The van der Waals surface area contributed by atoms with Gasteiger partial charge in [-0.1, -0.05) is 18.9 Å². The predicted molar refractivity (Wildman–Crippen MR) is 79.2 cm³/mol. The van der Waals surface area contributed by atoms with E-state index in [1.54, 1.807) is 6.08 Å². The number of amides is 1. The number of rotatable bonds is 7. The fourth-order valence-electron chi connectivity index (χ4n) is 2.15. The van der Waals surface area contributed by atoms with Crippen LogP contribution in [0.3, 0.4) is 0 Å². The third-order valence-corrected chi connectivity index (χ3v) is 3.09. The van der Waals surface area contributed by atoms with Gasteiger partial charge < -0.3 is 16.0 Å². The van der Waals surface area contributed by atoms with Gasteiger partial charge in [0.05, 0.1) is 6.54 Å². The molecule has 0 radical (unpaired) electrons. The van der Waals surface area contributed by atoms with Crippen molar-refractivity contribution in [2.45, 2.75) is 45.1 Å². The van der Waals surface area contributed by atoms with Gasteiger partial charge in [-0.15, -0.1) is 6.58 Å². The van der Waals surface area contributed by atoms with Gasteiger partial charge in [-0.3, -0.25) is 9.79 Å². The average Bonchev–Trinajstić information content (AvgIpc) is 2.88. The molecule has 0 saturated heterocycles. The highest BCUT2D eigenvalue weighted by molar-refractivity contribution is 5.81. The minimum Gasteiger partial charge on any atom is -0.357 e. The number of guanidine groups is 1. The molecule has 108 valence electrons. The Morgan fingerprint density at radius 3 is 2.74 bits per heavy atom. The summed E-state index contributed by atoms with van der Waals surface area (Å²) in [6.45, 7) is 7.64. The Morgan fingerprint density at radius 1 is 1.37 bits per heavy atom. The molecule has 1 rings (SSSR count). The van der Waals surface area contributed by atoms with Crippen molar-refractivity contribution in [3.8, 4) is 0 Å². The molecule has 3 N–H and O–H groups in total. The monoisotopic (exact) mass is 266 g/mol. The molecule has 0 spiro atoms. The van der Waals surface area contributed by atoms with Crippen molar-refractivity contribution in [2.75, 3.05) is 19.6 Å². The zero-order valence-electron chi connectivity index (χ0n) is 11.9. The van der Waals surface area contributed by atoms with Crippen LogP contribution in [0.15, 0.2) is 17.6 Å². The molecule has 1 fully saturated rings. The van der Waals surface area contributed by atoms with E-state index in [0.717, 1.165) is 25.3 Å². The van der Waals surface area contributed by atoms with Crippen molar-refractivity contribution in [1.29, 1.82) is 0 Å². The lowest BCUT2D eigenvalue weighted by atomic mass is 10.2. The Kier molecular flexibility index (Phi) is 7.70. The van der Waals surface area contributed by atoms with Crippen LogP contribution in [0.4, 0.5) is 0 Å². The standard InChI is InChI=1S/C14H26N4O/c1-3-10-16-14(15-4-2)17-11-9-13(19)18-12-7-5-6-8-12/h3,12H,1,4-11H2,2H3,(H,18,19)(H2,15,16,17). The van der Waals surface area contributed by atoms with E-state index in [2.05, 4.69) is 27.5 Å². The molecule has 0 heterocycles. The van der Waals surface area contributed by atoms with Crippen LogP contribution in [0.2, 0.25) is 0 Å². The van der Waals surface area contributed by atoms with Crippen molar-refractivity contribution < 1.29 is 4.79 Å². The quantitative estimate of drug-likeness (QED) is 0.368. The van der Waals surface area contributed by atoms with E-state index in [4.69, 9.17) is 0 Å². The van der Waals surface area contributed by atoms with Crippen molar-refractivity contribution in [3.05, 3.63) is 12.7 Å². The van der Waals surface area contributed by atoms with Crippen molar-refractivity contribution in [3.63, 3.8) is 0 Å². The summed E-state index contributed by atoms with van der Waals surface area (Å²) in [4.78, 5) is 16.1.